The molecule has 2 aromatic carbocycles. The summed E-state index contributed by atoms with van der Waals surface area (Å²) in [6.07, 6.45) is 2.18. The van der Waals surface area contributed by atoms with Gasteiger partial charge in [0.15, 0.2) is 0 Å². The summed E-state index contributed by atoms with van der Waals surface area (Å²) in [5.74, 6) is -0.0541. The Bertz CT molecular complexity index is 679. The number of benzene rings is 2. The Hall–Kier alpha value is -2.29. The van der Waals surface area contributed by atoms with Gasteiger partial charge in [-0.2, -0.15) is 0 Å². The van der Waals surface area contributed by atoms with Gasteiger partial charge in [0.05, 0.1) is 11.4 Å². The second-order valence-corrected chi connectivity index (χ2v) is 5.69. The molecule has 0 bridgehead atoms. The Morgan fingerprint density at radius 2 is 2.00 bits per heavy atom. The largest absolute Gasteiger partial charge is 0.381 e. The molecule has 2 N–H and O–H groups in total. The summed E-state index contributed by atoms with van der Waals surface area (Å²) in [7, 11) is 0. The Labute approximate surface area is 125 Å². The van der Waals surface area contributed by atoms with Gasteiger partial charge in [-0.3, -0.25) is 4.79 Å². The first-order chi connectivity index (χ1) is 10.1. The number of hydrogen-bond acceptors (Lipinski definition) is 2. The topological polar surface area (TPSA) is 41.1 Å². The molecule has 3 nitrogen and oxygen atoms in total. The maximum atomic E-state index is 12.5. The zero-order valence-electron chi connectivity index (χ0n) is 12.4. The van der Waals surface area contributed by atoms with Gasteiger partial charge in [0.2, 0.25) is 0 Å². The molecule has 2 aromatic rings. The Morgan fingerprint density at radius 3 is 2.81 bits per heavy atom. The number of fused-ring (bicyclic) bond motifs is 1. The summed E-state index contributed by atoms with van der Waals surface area (Å²) >= 11 is 0. The molecule has 21 heavy (non-hydrogen) atoms. The molecule has 3 rings (SSSR count). The number of nitrogens with one attached hydrogen (secondary N) is 2. The minimum Gasteiger partial charge on any atom is -0.381 e. The van der Waals surface area contributed by atoms with Crippen molar-refractivity contribution in [2.24, 2.45) is 0 Å². The van der Waals surface area contributed by atoms with Gasteiger partial charge in [-0.05, 0) is 49.9 Å². The predicted molar refractivity (Wildman–Crippen MR) is 87.0 cm³/mol. The van der Waals surface area contributed by atoms with E-state index in [1.54, 1.807) is 0 Å². The highest BCUT2D eigenvalue weighted by Gasteiger charge is 2.18. The van der Waals surface area contributed by atoms with Gasteiger partial charge in [0, 0.05) is 11.6 Å². The number of anilines is 2. The van der Waals surface area contributed by atoms with Crippen LogP contribution in [0.1, 0.15) is 34.8 Å². The minimum absolute atomic E-state index is 0.0541. The maximum absolute atomic E-state index is 12.5. The molecule has 0 fully saturated rings. The van der Waals surface area contributed by atoms with Crippen LogP contribution in [0.3, 0.4) is 0 Å². The lowest BCUT2D eigenvalue weighted by Crippen LogP contribution is -2.24. The summed E-state index contributed by atoms with van der Waals surface area (Å²) in [5.41, 5.74) is 4.92. The highest BCUT2D eigenvalue weighted by atomic mass is 16.1. The van der Waals surface area contributed by atoms with E-state index >= 15 is 0 Å². The van der Waals surface area contributed by atoms with Crippen molar-refractivity contribution in [2.45, 2.75) is 32.7 Å². The minimum atomic E-state index is -0.0541. The first-order valence-electron chi connectivity index (χ1n) is 7.40. The molecule has 3 heteroatoms. The number of carbonyl (C=O) groups excluding carboxylic acids is 1. The summed E-state index contributed by atoms with van der Waals surface area (Å²) < 4.78 is 0. The molecular weight excluding hydrogens is 260 g/mol. The van der Waals surface area contributed by atoms with Crippen LogP contribution in [0.4, 0.5) is 11.4 Å². The van der Waals surface area contributed by atoms with Crippen LogP contribution in [0, 0.1) is 6.92 Å². The Balaban J connectivity index is 1.89. The molecule has 1 atom stereocenters. The molecule has 0 saturated heterocycles. The quantitative estimate of drug-likeness (QED) is 0.873. The molecule has 1 aliphatic rings. The predicted octanol–water partition coefficient (Wildman–Crippen LogP) is 3.99. The average Bonchev–Trinajstić information content (AvgIpc) is 2.48. The van der Waals surface area contributed by atoms with Gasteiger partial charge in [0.1, 0.15) is 0 Å². The van der Waals surface area contributed by atoms with Crippen LogP contribution in [0.2, 0.25) is 0 Å². The molecule has 0 aliphatic carbocycles. The Kier molecular flexibility index (Phi) is 3.65. The number of carbonyl (C=O) groups is 1. The molecule has 0 saturated carbocycles. The molecule has 108 valence electrons. The van der Waals surface area contributed by atoms with Crippen molar-refractivity contribution in [2.75, 3.05) is 10.6 Å². The second kappa shape index (κ2) is 5.60. The average molecular weight is 280 g/mol. The summed E-state index contributed by atoms with van der Waals surface area (Å²) in [6.45, 7) is 4.12. The fraction of sp³-hybridized carbons (Fsp3) is 0.278. The second-order valence-electron chi connectivity index (χ2n) is 5.69. The molecule has 1 unspecified atom stereocenters. The number of aryl methyl sites for hydroxylation is 2. The fourth-order valence-corrected chi connectivity index (χ4v) is 2.79. The van der Waals surface area contributed by atoms with Crippen molar-refractivity contribution in [3.8, 4) is 0 Å². The summed E-state index contributed by atoms with van der Waals surface area (Å²) in [4.78, 5) is 12.5. The van der Waals surface area contributed by atoms with Crippen LogP contribution in [-0.2, 0) is 6.42 Å². The van der Waals surface area contributed by atoms with E-state index in [1.165, 1.54) is 5.56 Å². The Morgan fingerprint density at radius 1 is 1.19 bits per heavy atom. The van der Waals surface area contributed by atoms with Crippen molar-refractivity contribution in [1.29, 1.82) is 0 Å². The lowest BCUT2D eigenvalue weighted by Gasteiger charge is -2.26. The lowest BCUT2D eigenvalue weighted by molar-refractivity contribution is 0.102. The van der Waals surface area contributed by atoms with E-state index in [1.807, 2.05) is 43.3 Å². The van der Waals surface area contributed by atoms with Crippen LogP contribution < -0.4 is 10.6 Å². The smallest absolute Gasteiger partial charge is 0.255 e. The normalized spacial score (nSPS) is 16.8. The first-order valence-corrected chi connectivity index (χ1v) is 7.40. The van der Waals surface area contributed by atoms with Gasteiger partial charge in [-0.15, -0.1) is 0 Å². The van der Waals surface area contributed by atoms with E-state index in [9.17, 15) is 4.79 Å². The fourth-order valence-electron chi connectivity index (χ4n) is 2.79. The van der Waals surface area contributed by atoms with Crippen molar-refractivity contribution in [3.05, 3.63) is 59.2 Å². The van der Waals surface area contributed by atoms with Gasteiger partial charge in [-0.1, -0.05) is 30.3 Å². The zero-order valence-corrected chi connectivity index (χ0v) is 12.4. The van der Waals surface area contributed by atoms with Crippen LogP contribution in [0.5, 0.6) is 0 Å². The summed E-state index contributed by atoms with van der Waals surface area (Å²) in [6, 6.07) is 14.2. The van der Waals surface area contributed by atoms with Crippen molar-refractivity contribution in [1.82, 2.24) is 0 Å². The van der Waals surface area contributed by atoms with E-state index in [4.69, 9.17) is 0 Å². The van der Waals surface area contributed by atoms with E-state index in [0.29, 0.717) is 6.04 Å². The molecule has 1 heterocycles. The third-order valence-electron chi connectivity index (χ3n) is 4.03. The van der Waals surface area contributed by atoms with Gasteiger partial charge in [-0.25, -0.2) is 0 Å². The lowest BCUT2D eigenvalue weighted by atomic mass is 9.98. The standard InChI is InChI=1S/C18H20N2O/c1-12-6-3-4-8-15(12)18(21)20-16-9-5-7-14-11-10-13(2)19-17(14)16/h3-9,13,19H,10-11H2,1-2H3,(H,20,21). The van der Waals surface area contributed by atoms with Crippen molar-refractivity contribution < 1.29 is 4.79 Å². The maximum Gasteiger partial charge on any atom is 0.255 e. The SMILES string of the molecule is Cc1ccccc1C(=O)Nc1cccc2c1NC(C)CC2. The zero-order chi connectivity index (χ0) is 14.8. The third-order valence-corrected chi connectivity index (χ3v) is 4.03. The van der Waals surface area contributed by atoms with Crippen LogP contribution in [-0.4, -0.2) is 11.9 Å². The number of para-hydroxylation sites is 1. The molecule has 0 spiro atoms. The van der Waals surface area contributed by atoms with Gasteiger partial charge >= 0.3 is 0 Å². The van der Waals surface area contributed by atoms with E-state index in [0.717, 1.165) is 35.3 Å². The molecular formula is C18H20N2O. The van der Waals surface area contributed by atoms with Gasteiger partial charge < -0.3 is 10.6 Å². The van der Waals surface area contributed by atoms with Crippen molar-refractivity contribution >= 4 is 17.3 Å². The van der Waals surface area contributed by atoms with E-state index < -0.39 is 0 Å². The van der Waals surface area contributed by atoms with Crippen LogP contribution in [0.25, 0.3) is 0 Å². The molecule has 0 radical (unpaired) electrons. The van der Waals surface area contributed by atoms with E-state index in [-0.39, 0.29) is 5.91 Å². The number of rotatable bonds is 2. The number of hydrogen-bond donors (Lipinski definition) is 2. The highest BCUT2D eigenvalue weighted by molar-refractivity contribution is 6.07. The molecule has 1 aliphatic heterocycles. The third kappa shape index (κ3) is 2.77. The van der Waals surface area contributed by atoms with Gasteiger partial charge in [0.25, 0.3) is 5.91 Å². The van der Waals surface area contributed by atoms with Crippen LogP contribution >= 0.6 is 0 Å². The monoisotopic (exact) mass is 280 g/mol. The molecule has 1 amide bonds. The van der Waals surface area contributed by atoms with Crippen LogP contribution in [0.15, 0.2) is 42.5 Å². The van der Waals surface area contributed by atoms with Crippen molar-refractivity contribution in [3.63, 3.8) is 0 Å². The number of amides is 1. The summed E-state index contributed by atoms with van der Waals surface area (Å²) in [5, 5.41) is 6.53. The highest BCUT2D eigenvalue weighted by Crippen LogP contribution is 2.32. The molecule has 0 aromatic heterocycles. The van der Waals surface area contributed by atoms with E-state index in [2.05, 4.69) is 23.6 Å². The first kappa shape index (κ1) is 13.7.